The van der Waals surface area contributed by atoms with Crippen LogP contribution >= 0.6 is 0 Å². The SMILES string of the molecule is N#Cc1ccc(C(=O)NCCC(=O)N2CCCCC2)nc1. The van der Waals surface area contributed by atoms with Gasteiger partial charge in [0.2, 0.25) is 5.91 Å². The Morgan fingerprint density at radius 2 is 2.05 bits per heavy atom. The molecule has 6 nitrogen and oxygen atoms in total. The number of carbonyl (C=O) groups is 2. The second-order valence-corrected chi connectivity index (χ2v) is 4.99. The Bertz CT molecular complexity index is 542. The van der Waals surface area contributed by atoms with Gasteiger partial charge in [0.05, 0.1) is 5.56 Å². The van der Waals surface area contributed by atoms with Crippen LogP contribution in [0.2, 0.25) is 0 Å². The van der Waals surface area contributed by atoms with Crippen molar-refractivity contribution in [3.8, 4) is 6.07 Å². The Morgan fingerprint density at radius 1 is 1.29 bits per heavy atom. The van der Waals surface area contributed by atoms with Gasteiger partial charge in [0, 0.05) is 32.3 Å². The Labute approximate surface area is 123 Å². The van der Waals surface area contributed by atoms with Crippen molar-refractivity contribution in [2.75, 3.05) is 19.6 Å². The molecule has 2 heterocycles. The molecule has 1 saturated heterocycles. The van der Waals surface area contributed by atoms with Crippen LogP contribution in [0.5, 0.6) is 0 Å². The van der Waals surface area contributed by atoms with E-state index in [1.54, 1.807) is 6.07 Å². The van der Waals surface area contributed by atoms with E-state index in [1.807, 2.05) is 11.0 Å². The Hall–Kier alpha value is -2.42. The summed E-state index contributed by atoms with van der Waals surface area (Å²) in [6.45, 7) is 1.95. The molecule has 2 amide bonds. The number of piperidine rings is 1. The number of nitrogens with zero attached hydrogens (tertiary/aromatic N) is 3. The Morgan fingerprint density at radius 3 is 2.67 bits per heavy atom. The molecule has 2 rings (SSSR count). The summed E-state index contributed by atoms with van der Waals surface area (Å²) in [5.74, 6) is -0.242. The number of hydrogen-bond donors (Lipinski definition) is 1. The lowest BCUT2D eigenvalue weighted by Gasteiger charge is -2.26. The van der Waals surface area contributed by atoms with Gasteiger partial charge in [-0.3, -0.25) is 9.59 Å². The second kappa shape index (κ2) is 7.39. The van der Waals surface area contributed by atoms with Gasteiger partial charge in [0.15, 0.2) is 0 Å². The highest BCUT2D eigenvalue weighted by Gasteiger charge is 2.16. The molecule has 0 unspecified atom stereocenters. The fraction of sp³-hybridized carbons (Fsp3) is 0.467. The van der Waals surface area contributed by atoms with Crippen molar-refractivity contribution >= 4 is 11.8 Å². The van der Waals surface area contributed by atoms with Crippen molar-refractivity contribution in [3.63, 3.8) is 0 Å². The van der Waals surface area contributed by atoms with Crippen molar-refractivity contribution in [1.29, 1.82) is 5.26 Å². The monoisotopic (exact) mass is 286 g/mol. The fourth-order valence-corrected chi connectivity index (χ4v) is 2.27. The quantitative estimate of drug-likeness (QED) is 0.897. The average molecular weight is 286 g/mol. The highest BCUT2D eigenvalue weighted by Crippen LogP contribution is 2.09. The van der Waals surface area contributed by atoms with Gasteiger partial charge in [-0.15, -0.1) is 0 Å². The van der Waals surface area contributed by atoms with Crippen LogP contribution < -0.4 is 5.32 Å². The van der Waals surface area contributed by atoms with E-state index in [1.165, 1.54) is 18.7 Å². The van der Waals surface area contributed by atoms with Crippen LogP contribution in [-0.2, 0) is 4.79 Å². The van der Waals surface area contributed by atoms with Crippen LogP contribution in [0.25, 0.3) is 0 Å². The third-order valence-corrected chi connectivity index (χ3v) is 3.46. The minimum atomic E-state index is -0.328. The predicted molar refractivity (Wildman–Crippen MR) is 76.3 cm³/mol. The fourth-order valence-electron chi connectivity index (χ4n) is 2.27. The standard InChI is InChI=1S/C15H18N4O2/c16-10-12-4-5-13(18-11-12)15(21)17-7-6-14(20)19-8-2-1-3-9-19/h4-5,11H,1-3,6-9H2,(H,17,21). The lowest BCUT2D eigenvalue weighted by Crippen LogP contribution is -2.37. The lowest BCUT2D eigenvalue weighted by atomic mass is 10.1. The smallest absolute Gasteiger partial charge is 0.269 e. The van der Waals surface area contributed by atoms with E-state index in [2.05, 4.69) is 10.3 Å². The van der Waals surface area contributed by atoms with Gasteiger partial charge in [-0.05, 0) is 31.4 Å². The van der Waals surface area contributed by atoms with E-state index in [9.17, 15) is 9.59 Å². The van der Waals surface area contributed by atoms with E-state index in [-0.39, 0.29) is 17.5 Å². The number of rotatable bonds is 4. The van der Waals surface area contributed by atoms with Crippen LogP contribution in [-0.4, -0.2) is 41.3 Å². The van der Waals surface area contributed by atoms with Crippen molar-refractivity contribution in [2.24, 2.45) is 0 Å². The zero-order chi connectivity index (χ0) is 15.1. The first-order valence-electron chi connectivity index (χ1n) is 7.13. The molecule has 1 aliphatic rings. The molecule has 6 heteroatoms. The molecule has 0 radical (unpaired) electrons. The number of likely N-dealkylation sites (tertiary alicyclic amines) is 1. The summed E-state index contributed by atoms with van der Waals surface area (Å²) >= 11 is 0. The maximum absolute atomic E-state index is 11.9. The number of nitrogens with one attached hydrogen (secondary N) is 1. The largest absolute Gasteiger partial charge is 0.350 e. The molecule has 1 fully saturated rings. The zero-order valence-electron chi connectivity index (χ0n) is 11.8. The van der Waals surface area contributed by atoms with Gasteiger partial charge < -0.3 is 10.2 Å². The highest BCUT2D eigenvalue weighted by atomic mass is 16.2. The third-order valence-electron chi connectivity index (χ3n) is 3.46. The average Bonchev–Trinajstić information content (AvgIpc) is 2.55. The molecule has 1 aliphatic heterocycles. The van der Waals surface area contributed by atoms with Crippen LogP contribution in [0.3, 0.4) is 0 Å². The van der Waals surface area contributed by atoms with Gasteiger partial charge in [0.1, 0.15) is 11.8 Å². The molecule has 110 valence electrons. The molecule has 1 aromatic rings. The molecule has 0 spiro atoms. The van der Waals surface area contributed by atoms with E-state index in [0.29, 0.717) is 18.5 Å². The van der Waals surface area contributed by atoms with Gasteiger partial charge >= 0.3 is 0 Å². The van der Waals surface area contributed by atoms with E-state index in [4.69, 9.17) is 5.26 Å². The maximum atomic E-state index is 11.9. The lowest BCUT2D eigenvalue weighted by molar-refractivity contribution is -0.131. The molecule has 1 N–H and O–H groups in total. The minimum Gasteiger partial charge on any atom is -0.350 e. The molecule has 0 aliphatic carbocycles. The topological polar surface area (TPSA) is 86.1 Å². The molecule has 21 heavy (non-hydrogen) atoms. The van der Waals surface area contributed by atoms with Crippen molar-refractivity contribution in [3.05, 3.63) is 29.6 Å². The summed E-state index contributed by atoms with van der Waals surface area (Å²) in [6, 6.07) is 4.99. The van der Waals surface area contributed by atoms with Crippen LogP contribution in [0, 0.1) is 11.3 Å². The van der Waals surface area contributed by atoms with Gasteiger partial charge in [0.25, 0.3) is 5.91 Å². The minimum absolute atomic E-state index is 0.0859. The molecular formula is C15H18N4O2. The van der Waals surface area contributed by atoms with Crippen LogP contribution in [0.4, 0.5) is 0 Å². The summed E-state index contributed by atoms with van der Waals surface area (Å²) in [4.78, 5) is 29.5. The summed E-state index contributed by atoms with van der Waals surface area (Å²) < 4.78 is 0. The molecule has 1 aromatic heterocycles. The van der Waals surface area contributed by atoms with E-state index in [0.717, 1.165) is 25.9 Å². The van der Waals surface area contributed by atoms with Gasteiger partial charge in [-0.1, -0.05) is 0 Å². The highest BCUT2D eigenvalue weighted by molar-refractivity contribution is 5.92. The number of carbonyl (C=O) groups excluding carboxylic acids is 2. The maximum Gasteiger partial charge on any atom is 0.269 e. The molecule has 0 saturated carbocycles. The third kappa shape index (κ3) is 4.28. The summed E-state index contributed by atoms with van der Waals surface area (Å²) in [7, 11) is 0. The first kappa shape index (κ1) is 15.0. The van der Waals surface area contributed by atoms with E-state index >= 15 is 0 Å². The number of amides is 2. The molecule has 0 bridgehead atoms. The first-order chi connectivity index (χ1) is 10.2. The molecule has 0 aromatic carbocycles. The Balaban J connectivity index is 1.75. The first-order valence-corrected chi connectivity index (χ1v) is 7.13. The zero-order valence-corrected chi connectivity index (χ0v) is 11.8. The van der Waals surface area contributed by atoms with Gasteiger partial charge in [-0.2, -0.15) is 5.26 Å². The number of aromatic nitrogens is 1. The van der Waals surface area contributed by atoms with Crippen molar-refractivity contribution < 1.29 is 9.59 Å². The number of hydrogen-bond acceptors (Lipinski definition) is 4. The number of pyridine rings is 1. The predicted octanol–water partition coefficient (Wildman–Crippen LogP) is 1.09. The van der Waals surface area contributed by atoms with Crippen molar-refractivity contribution in [1.82, 2.24) is 15.2 Å². The van der Waals surface area contributed by atoms with Crippen LogP contribution in [0.15, 0.2) is 18.3 Å². The van der Waals surface area contributed by atoms with Crippen LogP contribution in [0.1, 0.15) is 41.7 Å². The summed E-state index contributed by atoms with van der Waals surface area (Å²) in [6.07, 6.45) is 4.97. The Kier molecular flexibility index (Phi) is 5.27. The molecule has 0 atom stereocenters. The van der Waals surface area contributed by atoms with E-state index < -0.39 is 0 Å². The second-order valence-electron chi connectivity index (χ2n) is 4.99. The van der Waals surface area contributed by atoms with Gasteiger partial charge in [-0.25, -0.2) is 4.98 Å². The summed E-state index contributed by atoms with van der Waals surface area (Å²) in [5.41, 5.74) is 0.659. The normalized spacial score (nSPS) is 14.3. The molecular weight excluding hydrogens is 268 g/mol. The van der Waals surface area contributed by atoms with Crippen molar-refractivity contribution in [2.45, 2.75) is 25.7 Å². The summed E-state index contributed by atoms with van der Waals surface area (Å²) in [5, 5.41) is 11.3. The number of nitriles is 1.